The topological polar surface area (TPSA) is 46.5 Å². The molecule has 1 N–H and O–H groups in total. The van der Waals surface area contributed by atoms with Gasteiger partial charge in [0, 0.05) is 11.0 Å². The number of carbonyl (C=O) groups is 1. The Balaban J connectivity index is 1.86. The molecular formula is C20H30O3. The highest BCUT2D eigenvalue weighted by Gasteiger charge is 2.55. The summed E-state index contributed by atoms with van der Waals surface area (Å²) < 4.78 is 5.05. The summed E-state index contributed by atoms with van der Waals surface area (Å²) in [6.07, 6.45) is 10.6. The van der Waals surface area contributed by atoms with E-state index in [9.17, 15) is 9.90 Å². The maximum atomic E-state index is 11.7. The molecule has 0 spiro atoms. The molecule has 23 heavy (non-hydrogen) atoms. The van der Waals surface area contributed by atoms with Crippen molar-refractivity contribution in [1.29, 1.82) is 0 Å². The molecule has 0 radical (unpaired) electrons. The lowest BCUT2D eigenvalue weighted by Gasteiger charge is -2.58. The number of aliphatic hydroxyl groups is 1. The van der Waals surface area contributed by atoms with Crippen molar-refractivity contribution in [3.63, 3.8) is 0 Å². The summed E-state index contributed by atoms with van der Waals surface area (Å²) in [5, 5.41) is 10.3. The van der Waals surface area contributed by atoms with E-state index in [-0.39, 0.29) is 23.4 Å². The van der Waals surface area contributed by atoms with Gasteiger partial charge in [-0.3, -0.25) is 0 Å². The van der Waals surface area contributed by atoms with E-state index in [0.717, 1.165) is 44.1 Å². The average Bonchev–Trinajstić information content (AvgIpc) is 2.95. The Bertz CT molecular complexity index is 547. The van der Waals surface area contributed by atoms with Crippen molar-refractivity contribution in [2.45, 2.75) is 59.3 Å². The number of ether oxygens (including phenoxy) is 1. The largest absolute Gasteiger partial charge is 0.458 e. The van der Waals surface area contributed by atoms with Crippen LogP contribution in [0.2, 0.25) is 0 Å². The first-order valence-corrected chi connectivity index (χ1v) is 9.08. The smallest absolute Gasteiger partial charge is 0.334 e. The quantitative estimate of drug-likeness (QED) is 0.629. The van der Waals surface area contributed by atoms with E-state index in [1.165, 1.54) is 5.57 Å². The Labute approximate surface area is 139 Å². The number of fused-ring (bicyclic) bond motifs is 1. The van der Waals surface area contributed by atoms with Crippen LogP contribution in [0.5, 0.6) is 0 Å². The lowest BCUT2D eigenvalue weighted by atomic mass is 9.46. The van der Waals surface area contributed by atoms with E-state index in [4.69, 9.17) is 4.74 Å². The summed E-state index contributed by atoms with van der Waals surface area (Å²) >= 11 is 0. The minimum Gasteiger partial charge on any atom is -0.458 e. The third-order valence-corrected chi connectivity index (χ3v) is 7.33. The van der Waals surface area contributed by atoms with Gasteiger partial charge in [-0.2, -0.15) is 0 Å². The maximum absolute atomic E-state index is 11.7. The van der Waals surface area contributed by atoms with Crippen LogP contribution in [0.3, 0.4) is 0 Å². The van der Waals surface area contributed by atoms with Gasteiger partial charge in [0.2, 0.25) is 0 Å². The summed E-state index contributed by atoms with van der Waals surface area (Å²) in [4.78, 5) is 11.7. The number of esters is 1. The van der Waals surface area contributed by atoms with E-state index in [2.05, 4.69) is 26.8 Å². The second kappa shape index (κ2) is 6.08. The standard InChI is InChI=1S/C20H30O3/c1-14-7-11-20(13-21)15(2)5-4-6-17(20)19(14,3)10-8-16-9-12-23-18(16)22/h5,9,14,17,21H,4,6-8,10-13H2,1-3H3. The third kappa shape index (κ3) is 2.57. The van der Waals surface area contributed by atoms with Crippen LogP contribution in [0, 0.1) is 22.7 Å². The minimum atomic E-state index is -0.134. The highest BCUT2D eigenvalue weighted by Crippen LogP contribution is 2.61. The van der Waals surface area contributed by atoms with Gasteiger partial charge in [0.05, 0.1) is 6.61 Å². The third-order valence-electron chi connectivity index (χ3n) is 7.33. The van der Waals surface area contributed by atoms with Crippen molar-refractivity contribution in [3.05, 3.63) is 23.3 Å². The van der Waals surface area contributed by atoms with Crippen LogP contribution in [-0.2, 0) is 9.53 Å². The first-order valence-electron chi connectivity index (χ1n) is 9.08. The van der Waals surface area contributed by atoms with E-state index in [1.807, 2.05) is 6.08 Å². The van der Waals surface area contributed by atoms with Gasteiger partial charge in [-0.15, -0.1) is 0 Å². The molecule has 1 aliphatic heterocycles. The molecule has 0 amide bonds. The van der Waals surface area contributed by atoms with Gasteiger partial charge in [0.25, 0.3) is 0 Å². The SMILES string of the molecule is CC1=CCCC2C1(CO)CCC(C)C2(C)CCC1=CCOC1=O. The van der Waals surface area contributed by atoms with Crippen LogP contribution in [0.15, 0.2) is 23.3 Å². The number of hydrogen-bond acceptors (Lipinski definition) is 3. The van der Waals surface area contributed by atoms with Crippen LogP contribution in [0.1, 0.15) is 59.3 Å². The molecule has 1 fully saturated rings. The number of allylic oxidation sites excluding steroid dienone is 1. The van der Waals surface area contributed by atoms with Crippen LogP contribution < -0.4 is 0 Å². The fraction of sp³-hybridized carbons (Fsp3) is 0.750. The monoisotopic (exact) mass is 318 g/mol. The van der Waals surface area contributed by atoms with Crippen molar-refractivity contribution in [3.8, 4) is 0 Å². The van der Waals surface area contributed by atoms with Gasteiger partial charge in [0.1, 0.15) is 6.61 Å². The van der Waals surface area contributed by atoms with Crippen LogP contribution in [0.25, 0.3) is 0 Å². The molecular weight excluding hydrogens is 288 g/mol. The Morgan fingerprint density at radius 2 is 2.13 bits per heavy atom. The molecule has 4 unspecified atom stereocenters. The molecule has 128 valence electrons. The summed E-state index contributed by atoms with van der Waals surface area (Å²) in [5.41, 5.74) is 2.36. The highest BCUT2D eigenvalue weighted by atomic mass is 16.5. The van der Waals surface area contributed by atoms with Gasteiger partial charge in [-0.1, -0.05) is 25.5 Å². The Kier molecular flexibility index (Phi) is 4.43. The van der Waals surface area contributed by atoms with Crippen molar-refractivity contribution in [1.82, 2.24) is 0 Å². The van der Waals surface area contributed by atoms with Crippen LogP contribution in [0.4, 0.5) is 0 Å². The second-order valence-corrected chi connectivity index (χ2v) is 8.10. The minimum absolute atomic E-state index is 0.0376. The molecule has 3 heteroatoms. The number of hydrogen-bond donors (Lipinski definition) is 1. The predicted octanol–water partition coefficient (Wildman–Crippen LogP) is 4.02. The molecule has 0 saturated heterocycles. The zero-order valence-electron chi connectivity index (χ0n) is 14.7. The number of rotatable bonds is 4. The van der Waals surface area contributed by atoms with Crippen molar-refractivity contribution in [2.75, 3.05) is 13.2 Å². The zero-order chi connectivity index (χ0) is 16.7. The summed E-state index contributed by atoms with van der Waals surface area (Å²) in [5.74, 6) is 0.994. The average molecular weight is 318 g/mol. The normalized spacial score (nSPS) is 40.3. The maximum Gasteiger partial charge on any atom is 0.334 e. The van der Waals surface area contributed by atoms with E-state index < -0.39 is 0 Å². The van der Waals surface area contributed by atoms with E-state index in [0.29, 0.717) is 18.4 Å². The van der Waals surface area contributed by atoms with Crippen molar-refractivity contribution >= 4 is 5.97 Å². The molecule has 1 heterocycles. The molecule has 3 nitrogen and oxygen atoms in total. The van der Waals surface area contributed by atoms with E-state index >= 15 is 0 Å². The lowest BCUT2D eigenvalue weighted by Crippen LogP contribution is -2.52. The Hall–Kier alpha value is -1.09. The molecule has 1 saturated carbocycles. The summed E-state index contributed by atoms with van der Waals surface area (Å²) in [7, 11) is 0. The fourth-order valence-electron chi connectivity index (χ4n) is 5.44. The van der Waals surface area contributed by atoms with Gasteiger partial charge in [-0.25, -0.2) is 4.79 Å². The van der Waals surface area contributed by atoms with Gasteiger partial charge in [0.15, 0.2) is 0 Å². The van der Waals surface area contributed by atoms with E-state index in [1.54, 1.807) is 0 Å². The van der Waals surface area contributed by atoms with Crippen LogP contribution in [-0.4, -0.2) is 24.3 Å². The molecule has 2 aliphatic carbocycles. The van der Waals surface area contributed by atoms with Gasteiger partial charge >= 0.3 is 5.97 Å². The zero-order valence-corrected chi connectivity index (χ0v) is 14.7. The number of carbonyl (C=O) groups excluding carboxylic acids is 1. The summed E-state index contributed by atoms with van der Waals surface area (Å²) in [6.45, 7) is 7.65. The fourth-order valence-corrected chi connectivity index (χ4v) is 5.44. The lowest BCUT2D eigenvalue weighted by molar-refractivity contribution is -0.136. The summed E-state index contributed by atoms with van der Waals surface area (Å²) in [6, 6.07) is 0. The van der Waals surface area contributed by atoms with Gasteiger partial charge < -0.3 is 9.84 Å². The van der Waals surface area contributed by atoms with Crippen molar-refractivity contribution in [2.24, 2.45) is 22.7 Å². The first-order chi connectivity index (χ1) is 10.9. The predicted molar refractivity (Wildman–Crippen MR) is 90.8 cm³/mol. The first kappa shape index (κ1) is 16.8. The molecule has 3 aliphatic rings. The van der Waals surface area contributed by atoms with Crippen molar-refractivity contribution < 1.29 is 14.6 Å². The second-order valence-electron chi connectivity index (χ2n) is 8.10. The Morgan fingerprint density at radius 1 is 1.35 bits per heavy atom. The molecule has 0 aromatic carbocycles. The molecule has 0 aromatic heterocycles. The molecule has 0 bridgehead atoms. The number of cyclic esters (lactones) is 1. The van der Waals surface area contributed by atoms with Gasteiger partial charge in [-0.05, 0) is 68.8 Å². The molecule has 0 aromatic rings. The molecule has 4 atom stereocenters. The van der Waals surface area contributed by atoms with Crippen LogP contribution >= 0.6 is 0 Å². The Morgan fingerprint density at radius 3 is 2.78 bits per heavy atom. The number of aliphatic hydroxyl groups excluding tert-OH is 1. The molecule has 3 rings (SSSR count). The highest BCUT2D eigenvalue weighted by molar-refractivity contribution is 5.90.